The van der Waals surface area contributed by atoms with E-state index in [1.165, 1.54) is 6.42 Å². The summed E-state index contributed by atoms with van der Waals surface area (Å²) in [5.41, 5.74) is 0.695. The minimum atomic E-state index is -1.75. The Labute approximate surface area is 129 Å². The third-order valence-corrected chi connectivity index (χ3v) is 9.54. The topological polar surface area (TPSA) is 44.2 Å². The first kappa shape index (κ1) is 16.6. The van der Waals surface area contributed by atoms with Gasteiger partial charge in [-0.25, -0.2) is 9.97 Å². The molecular weight excluding hydrogens is 280 g/mol. The maximum atomic E-state index is 6.24. The molecule has 1 fully saturated rings. The van der Waals surface area contributed by atoms with Crippen LogP contribution in [0.3, 0.4) is 0 Å². The van der Waals surface area contributed by atoms with E-state index in [1.54, 1.807) is 7.11 Å². The van der Waals surface area contributed by atoms with Crippen molar-refractivity contribution in [1.82, 2.24) is 9.97 Å². The van der Waals surface area contributed by atoms with Crippen molar-refractivity contribution < 1.29 is 9.16 Å². The van der Waals surface area contributed by atoms with Gasteiger partial charge in [0.15, 0.2) is 14.1 Å². The lowest BCUT2D eigenvalue weighted by atomic mass is 9.79. The number of hydrogen-bond acceptors (Lipinski definition) is 4. The van der Waals surface area contributed by atoms with Crippen LogP contribution in [-0.2, 0) is 21.4 Å². The Morgan fingerprint density at radius 3 is 2.43 bits per heavy atom. The van der Waals surface area contributed by atoms with Crippen molar-refractivity contribution in [3.8, 4) is 0 Å². The van der Waals surface area contributed by atoms with Gasteiger partial charge in [-0.2, -0.15) is 0 Å². The van der Waals surface area contributed by atoms with Crippen LogP contribution in [0, 0.1) is 0 Å². The van der Waals surface area contributed by atoms with Gasteiger partial charge in [-0.05, 0) is 43.5 Å². The second kappa shape index (κ2) is 5.78. The number of nitrogens with zero attached hydrogens (tertiary/aromatic N) is 2. The highest BCUT2D eigenvalue weighted by molar-refractivity contribution is 6.74. The molecule has 21 heavy (non-hydrogen) atoms. The third kappa shape index (κ3) is 3.35. The summed E-state index contributed by atoms with van der Waals surface area (Å²) in [5.74, 6) is 0.813. The lowest BCUT2D eigenvalue weighted by Gasteiger charge is -2.39. The minimum Gasteiger partial charge on any atom is -0.411 e. The molecule has 1 aromatic rings. The first-order chi connectivity index (χ1) is 9.70. The summed E-state index contributed by atoms with van der Waals surface area (Å²) < 4.78 is 11.9. The van der Waals surface area contributed by atoms with E-state index >= 15 is 0 Å². The van der Waals surface area contributed by atoms with Crippen molar-refractivity contribution in [1.29, 1.82) is 0 Å². The lowest BCUT2D eigenvalue weighted by Crippen LogP contribution is -2.41. The Morgan fingerprint density at radius 2 is 1.95 bits per heavy atom. The predicted molar refractivity (Wildman–Crippen MR) is 86.6 cm³/mol. The predicted octanol–water partition coefficient (Wildman–Crippen LogP) is 4.02. The zero-order chi connectivity index (χ0) is 15.7. The van der Waals surface area contributed by atoms with Crippen LogP contribution >= 0.6 is 0 Å². The minimum absolute atomic E-state index is 0.213. The fourth-order valence-corrected chi connectivity index (χ4v) is 3.13. The zero-order valence-electron chi connectivity index (χ0n) is 14.2. The van der Waals surface area contributed by atoms with E-state index < -0.39 is 8.32 Å². The van der Waals surface area contributed by atoms with E-state index in [0.29, 0.717) is 6.61 Å². The van der Waals surface area contributed by atoms with Gasteiger partial charge in [-0.1, -0.05) is 20.8 Å². The van der Waals surface area contributed by atoms with Crippen LogP contribution in [0.2, 0.25) is 18.1 Å². The fraction of sp³-hybridized carbons (Fsp3) is 0.750. The second-order valence-corrected chi connectivity index (χ2v) is 12.3. The average Bonchev–Trinajstić information content (AvgIpc) is 2.35. The first-order valence-corrected chi connectivity index (χ1v) is 10.6. The molecule has 1 aliphatic rings. The number of aromatic nitrogens is 2. The van der Waals surface area contributed by atoms with E-state index in [0.717, 1.165) is 24.4 Å². The largest absolute Gasteiger partial charge is 0.411 e. The summed E-state index contributed by atoms with van der Waals surface area (Å²) in [7, 11) is 0.00606. The molecule has 0 aromatic carbocycles. The van der Waals surface area contributed by atoms with Crippen molar-refractivity contribution in [2.24, 2.45) is 0 Å². The average molecular weight is 308 g/mol. The van der Waals surface area contributed by atoms with Crippen LogP contribution in [0.1, 0.15) is 51.6 Å². The lowest BCUT2D eigenvalue weighted by molar-refractivity contribution is -0.0848. The van der Waals surface area contributed by atoms with E-state index in [1.807, 2.05) is 12.3 Å². The van der Waals surface area contributed by atoms with Crippen molar-refractivity contribution >= 4 is 8.32 Å². The monoisotopic (exact) mass is 308 g/mol. The molecule has 1 heterocycles. The number of ether oxygens (including phenoxy) is 1. The molecule has 1 aromatic heterocycles. The van der Waals surface area contributed by atoms with Gasteiger partial charge in [0.1, 0.15) is 5.60 Å². The van der Waals surface area contributed by atoms with E-state index in [-0.39, 0.29) is 10.6 Å². The van der Waals surface area contributed by atoms with Crippen molar-refractivity contribution in [3.05, 3.63) is 23.8 Å². The summed E-state index contributed by atoms with van der Waals surface area (Å²) in [6, 6.07) is 1.94. The summed E-state index contributed by atoms with van der Waals surface area (Å²) in [6.07, 6.45) is 5.03. The summed E-state index contributed by atoms with van der Waals surface area (Å²) in [4.78, 5) is 9.10. The van der Waals surface area contributed by atoms with Crippen LogP contribution in [0.25, 0.3) is 0 Å². The summed E-state index contributed by atoms with van der Waals surface area (Å²) in [5, 5.41) is 0.213. The van der Waals surface area contributed by atoms with Gasteiger partial charge < -0.3 is 9.16 Å². The smallest absolute Gasteiger partial charge is 0.192 e. The van der Waals surface area contributed by atoms with E-state index in [2.05, 4.69) is 43.8 Å². The summed E-state index contributed by atoms with van der Waals surface area (Å²) in [6.45, 7) is 11.8. The van der Waals surface area contributed by atoms with Crippen LogP contribution in [0.15, 0.2) is 12.3 Å². The summed E-state index contributed by atoms with van der Waals surface area (Å²) >= 11 is 0. The maximum Gasteiger partial charge on any atom is 0.192 e. The number of rotatable bonds is 5. The van der Waals surface area contributed by atoms with Crippen LogP contribution in [-0.4, -0.2) is 25.4 Å². The van der Waals surface area contributed by atoms with Gasteiger partial charge in [-0.3, -0.25) is 0 Å². The van der Waals surface area contributed by atoms with Gasteiger partial charge >= 0.3 is 0 Å². The SMILES string of the molecule is COC1(c2nccc(CO[Si](C)(C)C(C)(C)C)n2)CCC1. The number of hydrogen-bond donors (Lipinski definition) is 0. The molecule has 0 amide bonds. The van der Waals surface area contributed by atoms with Gasteiger partial charge in [0.05, 0.1) is 12.3 Å². The molecule has 118 valence electrons. The molecule has 0 unspecified atom stereocenters. The highest BCUT2D eigenvalue weighted by atomic mass is 28.4. The molecule has 0 N–H and O–H groups in total. The molecule has 1 saturated carbocycles. The van der Waals surface area contributed by atoms with Crippen molar-refractivity contribution in [3.63, 3.8) is 0 Å². The van der Waals surface area contributed by atoms with Crippen molar-refractivity contribution in [2.75, 3.05) is 7.11 Å². The molecule has 0 spiro atoms. The third-order valence-electron chi connectivity index (χ3n) is 5.06. The zero-order valence-corrected chi connectivity index (χ0v) is 15.2. The molecule has 0 bridgehead atoms. The molecule has 1 aliphatic carbocycles. The Bertz CT molecular complexity index is 488. The molecule has 0 radical (unpaired) electrons. The molecule has 4 nitrogen and oxygen atoms in total. The van der Waals surface area contributed by atoms with Crippen LogP contribution < -0.4 is 0 Å². The second-order valence-electron chi connectivity index (χ2n) is 7.47. The van der Waals surface area contributed by atoms with Crippen LogP contribution in [0.4, 0.5) is 0 Å². The van der Waals surface area contributed by atoms with E-state index in [4.69, 9.17) is 9.16 Å². The molecule has 0 atom stereocenters. The van der Waals surface area contributed by atoms with Gasteiger partial charge in [0.2, 0.25) is 0 Å². The molecule has 0 saturated heterocycles. The first-order valence-electron chi connectivity index (χ1n) is 7.72. The highest BCUT2D eigenvalue weighted by Gasteiger charge is 2.42. The Balaban J connectivity index is 2.09. The van der Waals surface area contributed by atoms with Gasteiger partial charge in [0, 0.05) is 13.3 Å². The van der Waals surface area contributed by atoms with Crippen molar-refractivity contribution in [2.45, 2.75) is 70.4 Å². The Morgan fingerprint density at radius 1 is 1.29 bits per heavy atom. The maximum absolute atomic E-state index is 6.24. The fourth-order valence-electron chi connectivity index (χ4n) is 2.18. The normalized spacial score (nSPS) is 18.4. The van der Waals surface area contributed by atoms with Crippen LogP contribution in [0.5, 0.6) is 0 Å². The number of methoxy groups -OCH3 is 1. The Kier molecular flexibility index (Phi) is 4.56. The highest BCUT2D eigenvalue weighted by Crippen LogP contribution is 2.42. The quantitative estimate of drug-likeness (QED) is 0.771. The molecule has 5 heteroatoms. The Hall–Kier alpha value is -0.783. The molecular formula is C16H28N2O2Si. The molecule has 2 rings (SSSR count). The van der Waals surface area contributed by atoms with Gasteiger partial charge in [-0.15, -0.1) is 0 Å². The van der Waals surface area contributed by atoms with Gasteiger partial charge in [0.25, 0.3) is 0 Å². The standard InChI is InChI=1S/C16H28N2O2Si/c1-15(2,3)21(5,6)20-12-13-8-11-17-14(18-13)16(19-4)9-7-10-16/h8,11H,7,9-10,12H2,1-6H3. The van der Waals surface area contributed by atoms with E-state index in [9.17, 15) is 0 Å². The molecule has 0 aliphatic heterocycles.